The molecule has 0 aliphatic carbocycles. The minimum Gasteiger partial charge on any atom is -0.347 e. The van der Waals surface area contributed by atoms with Gasteiger partial charge in [-0.05, 0) is 24.3 Å². The Bertz CT molecular complexity index is 956. The summed E-state index contributed by atoms with van der Waals surface area (Å²) >= 11 is 6.10. The van der Waals surface area contributed by atoms with Crippen molar-refractivity contribution in [3.63, 3.8) is 0 Å². The highest BCUT2D eigenvalue weighted by atomic mass is 35.5. The fourth-order valence-corrected chi connectivity index (χ4v) is 4.29. The van der Waals surface area contributed by atoms with Crippen LogP contribution in [0.15, 0.2) is 60.8 Å². The molecule has 0 atom stereocenters. The number of ether oxygens (including phenoxy) is 2. The topological polar surface area (TPSA) is 39.5 Å². The van der Waals surface area contributed by atoms with Gasteiger partial charge < -0.3 is 9.47 Å². The second kappa shape index (κ2) is 7.92. The van der Waals surface area contributed by atoms with Gasteiger partial charge in [-0.15, -0.1) is 0 Å². The molecule has 2 aromatic carbocycles. The maximum Gasteiger partial charge on any atom is 0.170 e. The van der Waals surface area contributed by atoms with Crippen molar-refractivity contribution in [1.29, 1.82) is 0 Å². The Morgan fingerprint density at radius 2 is 1.62 bits per heavy atom. The van der Waals surface area contributed by atoms with Crippen LogP contribution in [0, 0.1) is 0 Å². The molecule has 5 rings (SSSR count). The van der Waals surface area contributed by atoms with Gasteiger partial charge in [0, 0.05) is 54.8 Å². The van der Waals surface area contributed by atoms with E-state index in [1.165, 1.54) is 5.56 Å². The van der Waals surface area contributed by atoms with Crippen molar-refractivity contribution in [2.75, 3.05) is 26.3 Å². The maximum atomic E-state index is 6.10. The van der Waals surface area contributed by atoms with E-state index < -0.39 is 0 Å². The highest BCUT2D eigenvalue weighted by Crippen LogP contribution is 2.33. The Balaban J connectivity index is 1.41. The molecule has 0 N–H and O–H groups in total. The van der Waals surface area contributed by atoms with Gasteiger partial charge in [-0.2, -0.15) is 5.10 Å². The molecule has 6 heteroatoms. The number of para-hydroxylation sites is 1. The van der Waals surface area contributed by atoms with Gasteiger partial charge >= 0.3 is 0 Å². The fourth-order valence-electron chi connectivity index (χ4n) is 4.17. The molecule has 0 radical (unpaired) electrons. The summed E-state index contributed by atoms with van der Waals surface area (Å²) in [6.07, 6.45) is 3.97. The summed E-state index contributed by atoms with van der Waals surface area (Å²) in [5.74, 6) is -0.344. The van der Waals surface area contributed by atoms with E-state index in [9.17, 15) is 0 Å². The van der Waals surface area contributed by atoms with Crippen LogP contribution in [0.5, 0.6) is 0 Å². The van der Waals surface area contributed by atoms with Crippen LogP contribution in [0.3, 0.4) is 0 Å². The summed E-state index contributed by atoms with van der Waals surface area (Å²) in [7, 11) is 0. The van der Waals surface area contributed by atoms with E-state index in [4.69, 9.17) is 26.2 Å². The quantitative estimate of drug-likeness (QED) is 0.634. The number of aromatic nitrogens is 2. The number of benzene rings is 2. The Labute approximate surface area is 175 Å². The predicted octanol–water partition coefficient (Wildman–Crippen LogP) is 4.53. The Hall–Kier alpha value is -2.18. The van der Waals surface area contributed by atoms with Crippen molar-refractivity contribution >= 4 is 11.6 Å². The van der Waals surface area contributed by atoms with E-state index in [1.54, 1.807) is 0 Å². The zero-order valence-corrected chi connectivity index (χ0v) is 17.0. The first-order valence-electron chi connectivity index (χ1n) is 10.1. The smallest absolute Gasteiger partial charge is 0.170 e. The maximum absolute atomic E-state index is 6.10. The summed E-state index contributed by atoms with van der Waals surface area (Å²) in [4.78, 5) is 2.46. The normalized spacial score (nSPS) is 19.1. The van der Waals surface area contributed by atoms with Crippen LogP contribution in [0.2, 0.25) is 5.02 Å². The Morgan fingerprint density at radius 3 is 2.31 bits per heavy atom. The lowest BCUT2D eigenvalue weighted by molar-refractivity contribution is -0.185. The van der Waals surface area contributed by atoms with Crippen LogP contribution in [0.1, 0.15) is 18.4 Å². The van der Waals surface area contributed by atoms with Crippen LogP contribution >= 0.6 is 11.6 Å². The highest BCUT2D eigenvalue weighted by Gasteiger charge is 2.39. The molecule has 3 aromatic rings. The van der Waals surface area contributed by atoms with Crippen molar-refractivity contribution in [2.45, 2.75) is 25.2 Å². The van der Waals surface area contributed by atoms with Crippen LogP contribution in [-0.2, 0) is 16.0 Å². The molecule has 0 unspecified atom stereocenters. The SMILES string of the molecule is Clc1ccc(-c2nn(-c3ccccc3)cc2CN2CCC3(CC2)OCCO3)cc1. The van der Waals surface area contributed by atoms with Crippen LogP contribution in [0.4, 0.5) is 0 Å². The van der Waals surface area contributed by atoms with Gasteiger partial charge in [0.05, 0.1) is 24.6 Å². The lowest BCUT2D eigenvalue weighted by Gasteiger charge is -2.37. The minimum absolute atomic E-state index is 0.344. The second-order valence-electron chi connectivity index (χ2n) is 7.67. The molecule has 0 saturated carbocycles. The van der Waals surface area contributed by atoms with Gasteiger partial charge in [0.1, 0.15) is 0 Å². The number of hydrogen-bond donors (Lipinski definition) is 0. The van der Waals surface area contributed by atoms with Gasteiger partial charge in [0.2, 0.25) is 0 Å². The van der Waals surface area contributed by atoms with Crippen molar-refractivity contribution in [2.24, 2.45) is 0 Å². The van der Waals surface area contributed by atoms with E-state index in [0.717, 1.165) is 54.4 Å². The van der Waals surface area contributed by atoms with Crippen molar-refractivity contribution < 1.29 is 9.47 Å². The van der Waals surface area contributed by atoms with Gasteiger partial charge in [-0.1, -0.05) is 41.9 Å². The summed E-state index contributed by atoms with van der Waals surface area (Å²) in [6.45, 7) is 4.18. The first kappa shape index (κ1) is 18.8. The largest absolute Gasteiger partial charge is 0.347 e. The molecule has 0 bridgehead atoms. The van der Waals surface area contributed by atoms with Crippen LogP contribution in [0.25, 0.3) is 16.9 Å². The lowest BCUT2D eigenvalue weighted by Crippen LogP contribution is -2.44. The molecule has 2 saturated heterocycles. The summed E-state index contributed by atoms with van der Waals surface area (Å²) in [5.41, 5.74) is 4.34. The molecule has 5 nitrogen and oxygen atoms in total. The highest BCUT2D eigenvalue weighted by molar-refractivity contribution is 6.30. The molecule has 150 valence electrons. The third-order valence-corrected chi connectivity index (χ3v) is 6.01. The van der Waals surface area contributed by atoms with Gasteiger partial charge in [0.15, 0.2) is 5.79 Å². The Morgan fingerprint density at radius 1 is 0.931 bits per heavy atom. The standard InChI is InChI=1S/C23H24ClN3O2/c24-20-8-6-18(7-9-20)22-19(17-27(25-22)21-4-2-1-3-5-21)16-26-12-10-23(11-13-26)28-14-15-29-23/h1-9,17H,10-16H2. The molecular weight excluding hydrogens is 386 g/mol. The van der Waals surface area contributed by atoms with Crippen molar-refractivity contribution in [3.05, 3.63) is 71.4 Å². The van der Waals surface area contributed by atoms with Gasteiger partial charge in [0.25, 0.3) is 0 Å². The summed E-state index contributed by atoms with van der Waals surface area (Å²) < 4.78 is 13.7. The molecule has 0 amide bonds. The van der Waals surface area contributed by atoms with Crippen LogP contribution in [-0.4, -0.2) is 46.8 Å². The van der Waals surface area contributed by atoms with E-state index >= 15 is 0 Å². The monoisotopic (exact) mass is 409 g/mol. The Kier molecular flexibility index (Phi) is 5.14. The number of nitrogens with zero attached hydrogens (tertiary/aromatic N) is 3. The van der Waals surface area contributed by atoms with Crippen molar-refractivity contribution in [3.8, 4) is 16.9 Å². The average Bonchev–Trinajstić information content (AvgIpc) is 3.39. The molecular formula is C23H24ClN3O2. The van der Waals surface area contributed by atoms with Crippen molar-refractivity contribution in [1.82, 2.24) is 14.7 Å². The summed E-state index contributed by atoms with van der Waals surface area (Å²) in [5, 5.41) is 5.65. The third kappa shape index (κ3) is 3.96. The second-order valence-corrected chi connectivity index (χ2v) is 8.11. The molecule has 1 aromatic heterocycles. The average molecular weight is 410 g/mol. The fraction of sp³-hybridized carbons (Fsp3) is 0.348. The van der Waals surface area contributed by atoms with E-state index in [0.29, 0.717) is 13.2 Å². The minimum atomic E-state index is -0.344. The zero-order valence-electron chi connectivity index (χ0n) is 16.3. The molecule has 2 aliphatic rings. The number of rotatable bonds is 4. The van der Waals surface area contributed by atoms with E-state index in [2.05, 4.69) is 23.2 Å². The number of hydrogen-bond acceptors (Lipinski definition) is 4. The number of piperidine rings is 1. The molecule has 2 aliphatic heterocycles. The first-order chi connectivity index (χ1) is 14.2. The van der Waals surface area contributed by atoms with Crippen LogP contribution < -0.4 is 0 Å². The zero-order chi connectivity index (χ0) is 19.7. The first-order valence-corrected chi connectivity index (χ1v) is 10.5. The third-order valence-electron chi connectivity index (χ3n) is 5.75. The molecule has 29 heavy (non-hydrogen) atoms. The van der Waals surface area contributed by atoms with Gasteiger partial charge in [-0.3, -0.25) is 4.90 Å². The van der Waals surface area contributed by atoms with Gasteiger partial charge in [-0.25, -0.2) is 4.68 Å². The molecule has 2 fully saturated rings. The van der Waals surface area contributed by atoms with E-state index in [-0.39, 0.29) is 5.79 Å². The number of likely N-dealkylation sites (tertiary alicyclic amines) is 1. The van der Waals surface area contributed by atoms with E-state index in [1.807, 2.05) is 47.1 Å². The lowest BCUT2D eigenvalue weighted by atomic mass is 10.0. The molecule has 3 heterocycles. The molecule has 1 spiro atoms. The number of halogens is 1. The summed E-state index contributed by atoms with van der Waals surface area (Å²) in [6, 6.07) is 18.1. The predicted molar refractivity (Wildman–Crippen MR) is 113 cm³/mol.